The quantitative estimate of drug-likeness (QED) is 0.368. The van der Waals surface area contributed by atoms with Gasteiger partial charge >= 0.3 is 0 Å². The fourth-order valence-corrected chi connectivity index (χ4v) is 3.66. The minimum Gasteiger partial charge on any atom is -0.355 e. The average Bonchev–Trinajstić information content (AvgIpc) is 2.55. The van der Waals surface area contributed by atoms with Crippen LogP contribution in [0.3, 0.4) is 0 Å². The number of rotatable bonds is 5. The van der Waals surface area contributed by atoms with Crippen molar-refractivity contribution in [3.05, 3.63) is 35.4 Å². The van der Waals surface area contributed by atoms with Crippen LogP contribution in [0.4, 0.5) is 8.78 Å². The molecule has 25 heavy (non-hydrogen) atoms. The highest BCUT2D eigenvalue weighted by molar-refractivity contribution is 14.0. The van der Waals surface area contributed by atoms with Gasteiger partial charge in [0.05, 0.1) is 11.5 Å². The topological polar surface area (TPSA) is 73.8 Å². The molecule has 1 aromatic rings. The highest BCUT2D eigenvalue weighted by atomic mass is 127. The Balaban J connectivity index is 0.00000312. The number of aliphatic imine (C=N–C) groups is 1. The summed E-state index contributed by atoms with van der Waals surface area (Å²) in [6.07, 6.45) is 0. The Kier molecular flexibility index (Phi) is 9.00. The van der Waals surface area contributed by atoms with Gasteiger partial charge in [0.25, 0.3) is 0 Å². The fourth-order valence-electron chi connectivity index (χ4n) is 2.38. The summed E-state index contributed by atoms with van der Waals surface area (Å²) in [6.45, 7) is 2.44. The molecular formula is C15H23F2IN4O2S. The highest BCUT2D eigenvalue weighted by Gasteiger charge is 2.20. The summed E-state index contributed by atoms with van der Waals surface area (Å²) in [5, 5.41) is 6.00. The van der Waals surface area contributed by atoms with Crippen molar-refractivity contribution in [2.75, 3.05) is 44.7 Å². The largest absolute Gasteiger partial charge is 0.355 e. The molecule has 0 atom stereocenters. The van der Waals surface area contributed by atoms with Crippen LogP contribution < -0.4 is 10.6 Å². The SMILES string of the molecule is CN=C(NCCN1CCS(=O)(=O)CC1)NCc1cc(F)ccc1F.I. The molecule has 0 aromatic heterocycles. The lowest BCUT2D eigenvalue weighted by molar-refractivity contribution is 0.299. The van der Waals surface area contributed by atoms with Gasteiger partial charge in [0.2, 0.25) is 0 Å². The Hall–Kier alpha value is -1.01. The third kappa shape index (κ3) is 7.40. The second-order valence-corrected chi connectivity index (χ2v) is 7.89. The van der Waals surface area contributed by atoms with Crippen molar-refractivity contribution in [3.63, 3.8) is 0 Å². The maximum absolute atomic E-state index is 13.6. The molecule has 1 aliphatic rings. The first-order valence-corrected chi connectivity index (χ1v) is 9.53. The second kappa shape index (κ2) is 10.2. The number of benzene rings is 1. The van der Waals surface area contributed by atoms with E-state index in [4.69, 9.17) is 0 Å². The Morgan fingerprint density at radius 3 is 2.56 bits per heavy atom. The van der Waals surface area contributed by atoms with E-state index in [9.17, 15) is 17.2 Å². The van der Waals surface area contributed by atoms with E-state index in [2.05, 4.69) is 20.5 Å². The van der Waals surface area contributed by atoms with Gasteiger partial charge in [0.1, 0.15) is 11.6 Å². The zero-order valence-corrected chi connectivity index (χ0v) is 17.1. The van der Waals surface area contributed by atoms with E-state index < -0.39 is 21.5 Å². The van der Waals surface area contributed by atoms with Crippen molar-refractivity contribution in [3.8, 4) is 0 Å². The third-order valence-electron chi connectivity index (χ3n) is 3.84. The number of hydrogen-bond donors (Lipinski definition) is 2. The minimum absolute atomic E-state index is 0. The molecule has 0 unspecified atom stereocenters. The van der Waals surface area contributed by atoms with E-state index in [0.717, 1.165) is 18.2 Å². The molecule has 142 valence electrons. The van der Waals surface area contributed by atoms with Crippen molar-refractivity contribution >= 4 is 39.8 Å². The molecule has 10 heteroatoms. The van der Waals surface area contributed by atoms with Crippen molar-refractivity contribution in [1.82, 2.24) is 15.5 Å². The number of nitrogens with one attached hydrogen (secondary N) is 2. The summed E-state index contributed by atoms with van der Waals surface area (Å²) in [7, 11) is -1.28. The summed E-state index contributed by atoms with van der Waals surface area (Å²) in [5.74, 6) is -0.106. The smallest absolute Gasteiger partial charge is 0.191 e. The lowest BCUT2D eigenvalue weighted by Gasteiger charge is -2.26. The third-order valence-corrected chi connectivity index (χ3v) is 5.44. The average molecular weight is 488 g/mol. The van der Waals surface area contributed by atoms with Crippen LogP contribution in [-0.4, -0.2) is 64.0 Å². The molecule has 2 rings (SSSR count). The van der Waals surface area contributed by atoms with E-state index >= 15 is 0 Å². The van der Waals surface area contributed by atoms with Gasteiger partial charge in [-0.05, 0) is 18.2 Å². The molecule has 0 bridgehead atoms. The maximum atomic E-state index is 13.6. The minimum atomic E-state index is -2.87. The van der Waals surface area contributed by atoms with Crippen LogP contribution in [0.1, 0.15) is 5.56 Å². The lowest BCUT2D eigenvalue weighted by atomic mass is 10.2. The molecule has 0 radical (unpaired) electrons. The predicted octanol–water partition coefficient (Wildman–Crippen LogP) is 0.978. The fraction of sp³-hybridized carbons (Fsp3) is 0.533. The standard InChI is InChI=1S/C15H22F2N4O2S.HI/c1-18-15(20-11-12-10-13(16)2-3-14(12)17)19-4-5-21-6-8-24(22,23)9-7-21;/h2-3,10H,4-9,11H2,1H3,(H2,18,19,20);1H. The van der Waals surface area contributed by atoms with Crippen molar-refractivity contribution in [1.29, 1.82) is 0 Å². The van der Waals surface area contributed by atoms with Crippen LogP contribution in [0.5, 0.6) is 0 Å². The second-order valence-electron chi connectivity index (χ2n) is 5.58. The van der Waals surface area contributed by atoms with Gasteiger partial charge in [0, 0.05) is 45.3 Å². The molecule has 1 aromatic carbocycles. The van der Waals surface area contributed by atoms with Crippen LogP contribution >= 0.6 is 24.0 Å². The monoisotopic (exact) mass is 488 g/mol. The summed E-state index contributed by atoms with van der Waals surface area (Å²) in [5.41, 5.74) is 0.221. The highest BCUT2D eigenvalue weighted by Crippen LogP contribution is 2.09. The van der Waals surface area contributed by atoms with E-state index in [0.29, 0.717) is 32.1 Å². The van der Waals surface area contributed by atoms with Crippen LogP contribution in [0, 0.1) is 11.6 Å². The molecule has 0 spiro atoms. The zero-order valence-electron chi connectivity index (χ0n) is 14.0. The maximum Gasteiger partial charge on any atom is 0.191 e. The number of halogens is 3. The Morgan fingerprint density at radius 1 is 1.24 bits per heavy atom. The van der Waals surface area contributed by atoms with Crippen LogP contribution in [0.25, 0.3) is 0 Å². The molecule has 1 aliphatic heterocycles. The van der Waals surface area contributed by atoms with Gasteiger partial charge in [-0.25, -0.2) is 17.2 Å². The molecule has 0 saturated carbocycles. The number of hydrogen-bond acceptors (Lipinski definition) is 4. The van der Waals surface area contributed by atoms with Crippen molar-refractivity contribution in [2.24, 2.45) is 4.99 Å². The van der Waals surface area contributed by atoms with Gasteiger partial charge in [-0.2, -0.15) is 0 Å². The van der Waals surface area contributed by atoms with Crippen LogP contribution in [0.15, 0.2) is 23.2 Å². The first kappa shape index (κ1) is 22.0. The Bertz CT molecular complexity index is 687. The normalized spacial score (nSPS) is 17.6. The zero-order chi connectivity index (χ0) is 17.6. The Morgan fingerprint density at radius 2 is 1.92 bits per heavy atom. The van der Waals surface area contributed by atoms with Crippen molar-refractivity contribution in [2.45, 2.75) is 6.54 Å². The predicted molar refractivity (Wildman–Crippen MR) is 105 cm³/mol. The summed E-state index contributed by atoms with van der Waals surface area (Å²) in [6, 6.07) is 3.31. The van der Waals surface area contributed by atoms with Gasteiger partial charge in [-0.3, -0.25) is 9.89 Å². The lowest BCUT2D eigenvalue weighted by Crippen LogP contribution is -2.45. The van der Waals surface area contributed by atoms with Gasteiger partial charge in [0.15, 0.2) is 15.8 Å². The van der Waals surface area contributed by atoms with Gasteiger partial charge in [-0.15, -0.1) is 24.0 Å². The first-order valence-electron chi connectivity index (χ1n) is 7.71. The van der Waals surface area contributed by atoms with E-state index in [1.165, 1.54) is 0 Å². The molecule has 0 amide bonds. The Labute approximate surface area is 164 Å². The summed E-state index contributed by atoms with van der Waals surface area (Å²) >= 11 is 0. The molecule has 0 aliphatic carbocycles. The molecular weight excluding hydrogens is 465 g/mol. The molecule has 1 fully saturated rings. The van der Waals surface area contributed by atoms with E-state index in [-0.39, 0.29) is 47.6 Å². The van der Waals surface area contributed by atoms with Crippen molar-refractivity contribution < 1.29 is 17.2 Å². The number of sulfone groups is 1. The molecule has 2 N–H and O–H groups in total. The van der Waals surface area contributed by atoms with E-state index in [1.54, 1.807) is 7.05 Å². The molecule has 1 heterocycles. The summed E-state index contributed by atoms with van der Waals surface area (Å²) in [4.78, 5) is 6.09. The van der Waals surface area contributed by atoms with Crippen LogP contribution in [-0.2, 0) is 16.4 Å². The number of nitrogens with zero attached hydrogens (tertiary/aromatic N) is 2. The van der Waals surface area contributed by atoms with Gasteiger partial charge in [-0.1, -0.05) is 0 Å². The number of guanidine groups is 1. The van der Waals surface area contributed by atoms with Crippen LogP contribution in [0.2, 0.25) is 0 Å². The van der Waals surface area contributed by atoms with E-state index in [1.807, 2.05) is 0 Å². The molecule has 1 saturated heterocycles. The molecule has 6 nitrogen and oxygen atoms in total. The van der Waals surface area contributed by atoms with Gasteiger partial charge < -0.3 is 10.6 Å². The summed E-state index contributed by atoms with van der Waals surface area (Å²) < 4.78 is 49.4. The first-order chi connectivity index (χ1) is 11.4.